The van der Waals surface area contributed by atoms with Crippen LogP contribution in [0.1, 0.15) is 17.0 Å². The van der Waals surface area contributed by atoms with Crippen LogP contribution in [0.3, 0.4) is 0 Å². The van der Waals surface area contributed by atoms with Gasteiger partial charge in [0.25, 0.3) is 0 Å². The van der Waals surface area contributed by atoms with E-state index >= 15 is 0 Å². The smallest absolute Gasteiger partial charge is 0.411 e. The van der Waals surface area contributed by atoms with Crippen LogP contribution >= 0.6 is 0 Å². The molecular weight excluding hydrogens is 316 g/mol. The summed E-state index contributed by atoms with van der Waals surface area (Å²) in [6, 6.07) is 19.2. The highest BCUT2D eigenvalue weighted by Crippen LogP contribution is 2.44. The third-order valence-corrected chi connectivity index (χ3v) is 4.37. The van der Waals surface area contributed by atoms with E-state index in [4.69, 9.17) is 4.74 Å². The molecule has 0 aliphatic heterocycles. The number of carbonyl (C=O) groups is 1. The molecular formula is C20H16N2O3. The van der Waals surface area contributed by atoms with Crippen LogP contribution in [0, 0.1) is 0 Å². The summed E-state index contributed by atoms with van der Waals surface area (Å²) in [7, 11) is 0. The minimum atomic E-state index is -0.547. The lowest BCUT2D eigenvalue weighted by Crippen LogP contribution is -2.18. The van der Waals surface area contributed by atoms with Gasteiger partial charge in [-0.15, -0.1) is 0 Å². The van der Waals surface area contributed by atoms with Gasteiger partial charge in [0.2, 0.25) is 5.56 Å². The van der Waals surface area contributed by atoms with Gasteiger partial charge in [0, 0.05) is 18.2 Å². The maximum Gasteiger partial charge on any atom is 0.411 e. The molecule has 0 bridgehead atoms. The van der Waals surface area contributed by atoms with Gasteiger partial charge in [0.15, 0.2) is 0 Å². The molecule has 5 nitrogen and oxygen atoms in total. The first-order valence-electron chi connectivity index (χ1n) is 8.03. The molecule has 1 aliphatic carbocycles. The quantitative estimate of drug-likeness (QED) is 0.767. The average Bonchev–Trinajstić information content (AvgIpc) is 2.96. The van der Waals surface area contributed by atoms with Crippen LogP contribution < -0.4 is 10.9 Å². The van der Waals surface area contributed by atoms with Gasteiger partial charge in [-0.05, 0) is 28.3 Å². The van der Waals surface area contributed by atoms with E-state index in [-0.39, 0.29) is 18.1 Å². The second-order valence-corrected chi connectivity index (χ2v) is 5.89. The van der Waals surface area contributed by atoms with Gasteiger partial charge in [-0.2, -0.15) is 0 Å². The highest BCUT2D eigenvalue weighted by atomic mass is 16.5. The van der Waals surface area contributed by atoms with Crippen LogP contribution in [0.25, 0.3) is 11.1 Å². The molecule has 4 rings (SSSR count). The number of anilines is 1. The fourth-order valence-corrected chi connectivity index (χ4v) is 3.24. The predicted molar refractivity (Wildman–Crippen MR) is 95.8 cm³/mol. The number of benzene rings is 2. The highest BCUT2D eigenvalue weighted by Gasteiger charge is 2.28. The van der Waals surface area contributed by atoms with Crippen LogP contribution in [0.15, 0.2) is 71.7 Å². The normalized spacial score (nSPS) is 12.3. The maximum atomic E-state index is 12.1. The molecule has 0 saturated carbocycles. The molecule has 0 unspecified atom stereocenters. The van der Waals surface area contributed by atoms with E-state index in [1.165, 1.54) is 40.6 Å². The first kappa shape index (κ1) is 15.2. The molecule has 0 fully saturated rings. The summed E-state index contributed by atoms with van der Waals surface area (Å²) in [6.45, 7) is 0.253. The maximum absolute atomic E-state index is 12.1. The second kappa shape index (κ2) is 6.28. The number of aromatic nitrogens is 1. The lowest BCUT2D eigenvalue weighted by molar-refractivity contribution is 0.158. The molecule has 25 heavy (non-hydrogen) atoms. The summed E-state index contributed by atoms with van der Waals surface area (Å²) < 4.78 is 5.43. The molecule has 1 aliphatic rings. The Labute approximate surface area is 144 Å². The Bertz CT molecular complexity index is 928. The van der Waals surface area contributed by atoms with Gasteiger partial charge in [0.05, 0.1) is 5.69 Å². The number of nitrogens with one attached hydrogen (secondary N) is 2. The zero-order valence-electron chi connectivity index (χ0n) is 13.4. The van der Waals surface area contributed by atoms with Crippen molar-refractivity contribution in [2.75, 3.05) is 11.9 Å². The van der Waals surface area contributed by atoms with Crippen molar-refractivity contribution in [1.29, 1.82) is 0 Å². The lowest BCUT2D eigenvalue weighted by Gasteiger charge is -2.14. The number of amides is 1. The van der Waals surface area contributed by atoms with Crippen molar-refractivity contribution in [2.24, 2.45) is 0 Å². The summed E-state index contributed by atoms with van der Waals surface area (Å²) in [5.74, 6) is 0.0220. The molecule has 0 atom stereocenters. The van der Waals surface area contributed by atoms with E-state index in [9.17, 15) is 9.59 Å². The summed E-state index contributed by atoms with van der Waals surface area (Å²) in [4.78, 5) is 25.6. The van der Waals surface area contributed by atoms with Gasteiger partial charge >= 0.3 is 6.09 Å². The number of hydrogen-bond acceptors (Lipinski definition) is 3. The summed E-state index contributed by atoms with van der Waals surface area (Å²) in [5, 5.41) is 2.61. The van der Waals surface area contributed by atoms with E-state index in [2.05, 4.69) is 34.6 Å². The van der Waals surface area contributed by atoms with Crippen molar-refractivity contribution in [2.45, 2.75) is 5.92 Å². The topological polar surface area (TPSA) is 71.2 Å². The largest absolute Gasteiger partial charge is 0.448 e. The fraction of sp³-hybridized carbons (Fsp3) is 0.100. The number of fused-ring (bicyclic) bond motifs is 3. The van der Waals surface area contributed by atoms with Gasteiger partial charge in [-0.1, -0.05) is 48.5 Å². The van der Waals surface area contributed by atoms with Crippen molar-refractivity contribution in [3.8, 4) is 11.1 Å². The van der Waals surface area contributed by atoms with Crippen LogP contribution in [0.4, 0.5) is 10.5 Å². The number of ether oxygens (including phenoxy) is 1. The lowest BCUT2D eigenvalue weighted by atomic mass is 9.98. The number of pyridine rings is 1. The van der Waals surface area contributed by atoms with Crippen molar-refractivity contribution in [3.63, 3.8) is 0 Å². The van der Waals surface area contributed by atoms with Crippen LogP contribution in [-0.2, 0) is 4.74 Å². The summed E-state index contributed by atoms with van der Waals surface area (Å²) in [5.41, 5.74) is 4.97. The van der Waals surface area contributed by atoms with E-state index in [0.717, 1.165) is 0 Å². The fourth-order valence-electron chi connectivity index (χ4n) is 3.24. The first-order chi connectivity index (χ1) is 12.2. The highest BCUT2D eigenvalue weighted by molar-refractivity contribution is 5.84. The minimum Gasteiger partial charge on any atom is -0.448 e. The number of hydrogen-bond donors (Lipinski definition) is 2. The number of rotatable bonds is 3. The van der Waals surface area contributed by atoms with Crippen molar-refractivity contribution < 1.29 is 9.53 Å². The van der Waals surface area contributed by atoms with Crippen LogP contribution in [-0.4, -0.2) is 17.7 Å². The van der Waals surface area contributed by atoms with E-state index in [1.54, 1.807) is 0 Å². The molecule has 2 aromatic carbocycles. The minimum absolute atomic E-state index is 0.0220. The molecule has 124 valence electrons. The van der Waals surface area contributed by atoms with Crippen molar-refractivity contribution in [1.82, 2.24) is 4.98 Å². The standard InChI is InChI=1S/C20H16N2O3/c23-19-10-9-13(11-21-19)22-20(24)25-12-18-16-7-3-1-5-14(16)15-6-2-4-8-17(15)18/h1-11,18H,12H2,(H,21,23)(H,22,24). The Balaban J connectivity index is 1.50. The van der Waals surface area contributed by atoms with Crippen LogP contribution in [0.5, 0.6) is 0 Å². The Morgan fingerprint density at radius 2 is 1.60 bits per heavy atom. The van der Waals surface area contributed by atoms with Crippen molar-refractivity contribution >= 4 is 11.8 Å². The Hall–Kier alpha value is -3.34. The SMILES string of the molecule is O=C(Nc1ccc(=O)[nH]c1)OCC1c2ccccc2-c2ccccc21. The Morgan fingerprint density at radius 1 is 0.960 bits per heavy atom. The van der Waals surface area contributed by atoms with Crippen LogP contribution in [0.2, 0.25) is 0 Å². The van der Waals surface area contributed by atoms with Gasteiger partial charge in [-0.25, -0.2) is 4.79 Å². The third-order valence-electron chi connectivity index (χ3n) is 4.37. The molecule has 0 radical (unpaired) electrons. The van der Waals surface area contributed by atoms with Gasteiger partial charge < -0.3 is 9.72 Å². The number of H-pyrrole nitrogens is 1. The van der Waals surface area contributed by atoms with Crippen molar-refractivity contribution in [3.05, 3.63) is 88.3 Å². The Morgan fingerprint density at radius 3 is 2.20 bits per heavy atom. The molecule has 0 spiro atoms. The van der Waals surface area contributed by atoms with E-state index in [0.29, 0.717) is 5.69 Å². The van der Waals surface area contributed by atoms with Gasteiger partial charge in [-0.3, -0.25) is 10.1 Å². The van der Waals surface area contributed by atoms with Gasteiger partial charge in [0.1, 0.15) is 6.61 Å². The molecule has 1 amide bonds. The molecule has 3 aromatic rings. The monoisotopic (exact) mass is 332 g/mol. The predicted octanol–water partition coefficient (Wildman–Crippen LogP) is 3.74. The molecule has 5 heteroatoms. The molecule has 1 aromatic heterocycles. The zero-order valence-corrected chi connectivity index (χ0v) is 13.4. The second-order valence-electron chi connectivity index (χ2n) is 5.89. The number of aromatic amines is 1. The van der Waals surface area contributed by atoms with E-state index in [1.807, 2.05) is 24.3 Å². The summed E-state index contributed by atoms with van der Waals surface area (Å²) >= 11 is 0. The third kappa shape index (κ3) is 2.92. The average molecular weight is 332 g/mol. The molecule has 2 N–H and O–H groups in total. The number of carbonyl (C=O) groups excluding carboxylic acids is 1. The zero-order chi connectivity index (χ0) is 17.2. The first-order valence-corrected chi connectivity index (χ1v) is 8.03. The van der Waals surface area contributed by atoms with E-state index < -0.39 is 6.09 Å². The summed E-state index contributed by atoms with van der Waals surface area (Å²) in [6.07, 6.45) is 0.887. The Kier molecular flexibility index (Phi) is 3.82. The molecule has 0 saturated heterocycles. The molecule has 1 heterocycles.